The fraction of sp³-hybridized carbons (Fsp3) is 0.467. The highest BCUT2D eigenvalue weighted by molar-refractivity contribution is 7.21. The fourth-order valence-electron chi connectivity index (χ4n) is 10.6. The van der Waals surface area contributed by atoms with E-state index in [0.717, 1.165) is 108 Å². The quantitative estimate of drug-likeness (QED) is 0.0640. The molecular formula is C60H74N4S2. The number of allylic oxidation sites excluding steroid dienone is 4. The van der Waals surface area contributed by atoms with E-state index < -0.39 is 0 Å². The molecule has 4 nitrogen and oxygen atoms in total. The highest BCUT2D eigenvalue weighted by atomic mass is 32.1. The first kappa shape index (κ1) is 49.0. The molecule has 0 atom stereocenters. The van der Waals surface area contributed by atoms with Crippen molar-refractivity contribution < 1.29 is 0 Å². The van der Waals surface area contributed by atoms with E-state index in [1.54, 1.807) is 0 Å². The van der Waals surface area contributed by atoms with Crippen LogP contribution in [0.15, 0.2) is 35.7 Å². The maximum Gasteiger partial charge on any atom is 0.0851 e. The second kappa shape index (κ2) is 23.2. The predicted molar refractivity (Wildman–Crippen MR) is 290 cm³/mol. The second-order valence-corrected chi connectivity index (χ2v) is 19.9. The number of hydrogen-bond donors (Lipinski definition) is 2. The molecular weight excluding hydrogens is 841 g/mol. The number of aromatic nitrogens is 4. The van der Waals surface area contributed by atoms with Gasteiger partial charge in [0.15, 0.2) is 0 Å². The Labute approximate surface area is 405 Å². The molecule has 0 saturated carbocycles. The lowest BCUT2D eigenvalue weighted by atomic mass is 9.94. The summed E-state index contributed by atoms with van der Waals surface area (Å²) in [5.41, 5.74) is 23.1. The fourth-order valence-corrected chi connectivity index (χ4v) is 12.8. The zero-order chi connectivity index (χ0) is 46.7. The van der Waals surface area contributed by atoms with Gasteiger partial charge in [-0.25, -0.2) is 9.97 Å². The largest absolute Gasteiger partial charge is 0.355 e. The molecule has 0 unspecified atom stereocenters. The van der Waals surface area contributed by atoms with Crippen molar-refractivity contribution in [3.8, 4) is 33.4 Å². The SMILES string of the molecule is CCCCCCc1ccsc1-c1sc(C#CC#Cc2c3nc(cc4[nH]c(cc5[nH]c(cc6nc2C(CC)=C6CC)c(CC)c5CC)c(CC)c4CC)C(CC)=C3CC)cc1CCCCCC. The molecule has 0 amide bonds. The molecule has 0 aromatic carbocycles. The van der Waals surface area contributed by atoms with Gasteiger partial charge in [0.05, 0.1) is 33.2 Å². The number of nitrogens with one attached hydrogen (secondary N) is 2. The normalized spacial score (nSPS) is 12.5. The van der Waals surface area contributed by atoms with Gasteiger partial charge < -0.3 is 9.97 Å². The molecule has 0 saturated heterocycles. The third kappa shape index (κ3) is 10.2. The molecule has 66 heavy (non-hydrogen) atoms. The molecule has 346 valence electrons. The Morgan fingerprint density at radius 2 is 0.939 bits per heavy atom. The summed E-state index contributed by atoms with van der Waals surface area (Å²) >= 11 is 3.76. The number of nitrogens with zero attached hydrogens (tertiary/aromatic N) is 2. The first-order valence-electron chi connectivity index (χ1n) is 25.8. The standard InChI is InChI=1S/C60H74N4S2/c1-11-21-23-25-29-39-33-34-65-59(39)60-40(30-26-24-22-12-2)35-41(66-60)31-27-28-32-50-57-48(19-9)46(17-7)55(63-57)37-53-44(15-5)42(13-3)51(61-53)36-52-43(14-4)45(16-6)54(62-52)38-56-47(18-8)49(20-10)58(50)64-56/h33-38,61-62H,11-26,29-30H2,1-10H3. The maximum absolute atomic E-state index is 5.59. The van der Waals surface area contributed by atoms with E-state index in [-0.39, 0.29) is 0 Å². The minimum absolute atomic E-state index is 0.857. The van der Waals surface area contributed by atoms with E-state index in [1.165, 1.54) is 128 Å². The van der Waals surface area contributed by atoms with Crippen LogP contribution in [-0.2, 0) is 38.5 Å². The van der Waals surface area contributed by atoms with Crippen molar-refractivity contribution in [3.63, 3.8) is 0 Å². The Kier molecular flexibility index (Phi) is 17.3. The van der Waals surface area contributed by atoms with Gasteiger partial charge >= 0.3 is 0 Å². The molecule has 6 heteroatoms. The number of hydrogen-bond acceptors (Lipinski definition) is 4. The predicted octanol–water partition coefficient (Wildman–Crippen LogP) is 17.5. The summed E-state index contributed by atoms with van der Waals surface area (Å²) in [6, 6.07) is 11.7. The van der Waals surface area contributed by atoms with Crippen LogP contribution >= 0.6 is 22.7 Å². The van der Waals surface area contributed by atoms with Gasteiger partial charge in [0.2, 0.25) is 0 Å². The summed E-state index contributed by atoms with van der Waals surface area (Å²) in [7, 11) is 0. The van der Waals surface area contributed by atoms with E-state index in [9.17, 15) is 0 Å². The Hall–Kier alpha value is -4.88. The summed E-state index contributed by atoms with van der Waals surface area (Å²) in [6.07, 6.45) is 19.7. The van der Waals surface area contributed by atoms with Crippen LogP contribution in [0.3, 0.4) is 0 Å². The molecule has 7 heterocycles. The van der Waals surface area contributed by atoms with Gasteiger partial charge in [0.1, 0.15) is 0 Å². The molecule has 0 spiro atoms. The van der Waals surface area contributed by atoms with Crippen LogP contribution in [0.25, 0.3) is 54.1 Å². The van der Waals surface area contributed by atoms with Gasteiger partial charge in [-0.05, 0) is 192 Å². The van der Waals surface area contributed by atoms with Gasteiger partial charge in [-0.2, -0.15) is 0 Å². The molecule has 0 radical (unpaired) electrons. The van der Waals surface area contributed by atoms with Crippen LogP contribution in [0.1, 0.15) is 213 Å². The van der Waals surface area contributed by atoms with Crippen LogP contribution in [0.5, 0.6) is 0 Å². The summed E-state index contributed by atoms with van der Waals surface area (Å²) in [4.78, 5) is 23.0. The van der Waals surface area contributed by atoms with E-state index in [4.69, 9.17) is 9.97 Å². The summed E-state index contributed by atoms with van der Waals surface area (Å²) < 4.78 is 0. The third-order valence-electron chi connectivity index (χ3n) is 13.9. The molecule has 7 rings (SSSR count). The molecule has 8 bridgehead atoms. The number of thiophene rings is 2. The lowest BCUT2D eigenvalue weighted by molar-refractivity contribution is 0.666. The topological polar surface area (TPSA) is 57.4 Å². The highest BCUT2D eigenvalue weighted by Crippen LogP contribution is 2.43. The van der Waals surface area contributed by atoms with Crippen molar-refractivity contribution in [2.45, 2.75) is 185 Å². The Balaban J connectivity index is 1.48. The number of H-pyrrole nitrogens is 2. The lowest BCUT2D eigenvalue weighted by Crippen LogP contribution is -1.95. The Morgan fingerprint density at radius 3 is 1.41 bits per heavy atom. The first-order chi connectivity index (χ1) is 32.3. The van der Waals surface area contributed by atoms with Crippen molar-refractivity contribution in [1.29, 1.82) is 0 Å². The van der Waals surface area contributed by atoms with E-state index in [2.05, 4.69) is 139 Å². The molecule has 5 aromatic rings. The zero-order valence-corrected chi connectivity index (χ0v) is 43.5. The number of fused-ring (bicyclic) bond motifs is 8. The van der Waals surface area contributed by atoms with Crippen molar-refractivity contribution in [2.24, 2.45) is 0 Å². The molecule has 5 aromatic heterocycles. The number of unbranched alkanes of at least 4 members (excludes halogenated alkanes) is 6. The average molecular weight is 915 g/mol. The van der Waals surface area contributed by atoms with Crippen LogP contribution < -0.4 is 0 Å². The van der Waals surface area contributed by atoms with Gasteiger partial charge in [0.25, 0.3) is 0 Å². The third-order valence-corrected chi connectivity index (χ3v) is 16.1. The minimum Gasteiger partial charge on any atom is -0.355 e. The van der Waals surface area contributed by atoms with Crippen molar-refractivity contribution in [1.82, 2.24) is 19.9 Å². The second-order valence-electron chi connectivity index (χ2n) is 17.9. The van der Waals surface area contributed by atoms with Crippen LogP contribution in [-0.4, -0.2) is 19.9 Å². The van der Waals surface area contributed by atoms with Crippen LogP contribution in [0.4, 0.5) is 0 Å². The number of rotatable bonds is 19. The van der Waals surface area contributed by atoms with Crippen molar-refractivity contribution >= 4 is 67.0 Å². The monoisotopic (exact) mass is 915 g/mol. The molecule has 2 aliphatic heterocycles. The van der Waals surface area contributed by atoms with Gasteiger partial charge in [-0.15, -0.1) is 22.7 Å². The zero-order valence-electron chi connectivity index (χ0n) is 41.9. The molecule has 0 aliphatic carbocycles. The summed E-state index contributed by atoms with van der Waals surface area (Å²) in [6.45, 7) is 22.8. The van der Waals surface area contributed by atoms with Crippen molar-refractivity contribution in [2.75, 3.05) is 0 Å². The maximum atomic E-state index is 5.59. The van der Waals surface area contributed by atoms with Gasteiger partial charge in [-0.1, -0.05) is 108 Å². The number of aromatic amines is 2. The number of aryl methyl sites for hydroxylation is 6. The minimum atomic E-state index is 0.857. The van der Waals surface area contributed by atoms with Crippen LogP contribution in [0, 0.1) is 23.7 Å². The molecule has 0 fully saturated rings. The van der Waals surface area contributed by atoms with E-state index in [1.807, 2.05) is 22.7 Å². The highest BCUT2D eigenvalue weighted by Gasteiger charge is 2.27. The Morgan fingerprint density at radius 1 is 0.470 bits per heavy atom. The van der Waals surface area contributed by atoms with Gasteiger partial charge in [0, 0.05) is 31.8 Å². The first-order valence-corrected chi connectivity index (χ1v) is 27.5. The summed E-state index contributed by atoms with van der Waals surface area (Å²) in [5, 5.41) is 2.29. The van der Waals surface area contributed by atoms with Crippen molar-refractivity contribution in [3.05, 3.63) is 102 Å². The van der Waals surface area contributed by atoms with Gasteiger partial charge in [-0.3, -0.25) is 0 Å². The van der Waals surface area contributed by atoms with Crippen LogP contribution in [0.2, 0.25) is 0 Å². The summed E-state index contributed by atoms with van der Waals surface area (Å²) in [5.74, 6) is 14.0. The lowest BCUT2D eigenvalue weighted by Gasteiger charge is -2.08. The average Bonchev–Trinajstić information content (AvgIpc) is 4.19. The molecule has 2 N–H and O–H groups in total. The van der Waals surface area contributed by atoms with E-state index in [0.29, 0.717) is 0 Å². The van der Waals surface area contributed by atoms with E-state index >= 15 is 0 Å². The molecule has 2 aliphatic rings. The smallest absolute Gasteiger partial charge is 0.0851 e. The Bertz CT molecular complexity index is 2770.